The van der Waals surface area contributed by atoms with E-state index in [0.717, 1.165) is 29.0 Å². The molecule has 1 atom stereocenters. The lowest BCUT2D eigenvalue weighted by molar-refractivity contribution is -0.129. The lowest BCUT2D eigenvalue weighted by Crippen LogP contribution is -2.50. The average molecular weight is 342 g/mol. The number of benzene rings is 1. The van der Waals surface area contributed by atoms with Crippen molar-refractivity contribution in [3.05, 3.63) is 42.5 Å². The zero-order valence-corrected chi connectivity index (χ0v) is 14.2. The molecular weight excluding hydrogens is 320 g/mol. The fourth-order valence-corrected chi connectivity index (χ4v) is 3.33. The fraction of sp³-hybridized carbons (Fsp3) is 0.389. The van der Waals surface area contributed by atoms with Gasteiger partial charge in [-0.1, -0.05) is 24.3 Å². The van der Waals surface area contributed by atoms with Crippen molar-refractivity contribution in [2.24, 2.45) is 0 Å². The van der Waals surface area contributed by atoms with Gasteiger partial charge in [0.05, 0.1) is 6.54 Å². The van der Waals surface area contributed by atoms with Crippen LogP contribution in [0.4, 0.5) is 15.3 Å². The van der Waals surface area contributed by atoms with Crippen LogP contribution in [0.3, 0.4) is 0 Å². The summed E-state index contributed by atoms with van der Waals surface area (Å²) in [7, 11) is 1.45. The second kappa shape index (κ2) is 6.58. The molecule has 0 saturated carbocycles. The molecule has 2 N–H and O–H groups in total. The topological polar surface area (TPSA) is 81.8 Å². The number of urea groups is 2. The molecule has 0 aromatic heterocycles. The number of para-hydroxylation sites is 1. The minimum absolute atomic E-state index is 0.183. The highest BCUT2D eigenvalue weighted by Gasteiger charge is 2.54. The molecule has 132 valence electrons. The maximum absolute atomic E-state index is 12.6. The molecule has 1 aromatic rings. The van der Waals surface area contributed by atoms with E-state index in [2.05, 4.69) is 17.2 Å². The summed E-state index contributed by atoms with van der Waals surface area (Å²) in [6.45, 7) is 4.32. The molecule has 2 aliphatic heterocycles. The predicted octanol–water partition coefficient (Wildman–Crippen LogP) is 1.96. The van der Waals surface area contributed by atoms with Crippen LogP contribution in [0.15, 0.2) is 36.9 Å². The summed E-state index contributed by atoms with van der Waals surface area (Å²) in [5.74, 6) is -0.279. The van der Waals surface area contributed by atoms with Crippen LogP contribution < -0.4 is 10.6 Å². The number of rotatable bonds is 4. The molecular formula is C18H22N4O3. The molecule has 2 heterocycles. The summed E-state index contributed by atoms with van der Waals surface area (Å²) in [6.07, 6.45) is 3.89. The van der Waals surface area contributed by atoms with Crippen molar-refractivity contribution in [2.45, 2.75) is 24.8 Å². The largest absolute Gasteiger partial charge is 0.324 e. The van der Waals surface area contributed by atoms with Gasteiger partial charge in [-0.25, -0.2) is 9.59 Å². The Morgan fingerprint density at radius 3 is 2.84 bits per heavy atom. The number of allylic oxidation sites excluding steroid dienone is 1. The van der Waals surface area contributed by atoms with Gasteiger partial charge >= 0.3 is 12.1 Å². The lowest BCUT2D eigenvalue weighted by Gasteiger charge is -2.22. The molecule has 7 heteroatoms. The van der Waals surface area contributed by atoms with E-state index in [0.29, 0.717) is 13.0 Å². The summed E-state index contributed by atoms with van der Waals surface area (Å²) >= 11 is 0. The van der Waals surface area contributed by atoms with Crippen molar-refractivity contribution in [3.8, 4) is 0 Å². The molecule has 25 heavy (non-hydrogen) atoms. The van der Waals surface area contributed by atoms with Gasteiger partial charge in [-0.3, -0.25) is 9.69 Å². The molecule has 2 aliphatic rings. The van der Waals surface area contributed by atoms with E-state index < -0.39 is 11.6 Å². The zero-order valence-electron chi connectivity index (χ0n) is 14.2. The van der Waals surface area contributed by atoms with Crippen LogP contribution in [-0.2, 0) is 11.2 Å². The monoisotopic (exact) mass is 342 g/mol. The molecule has 1 spiro atoms. The van der Waals surface area contributed by atoms with Crippen LogP contribution in [0.1, 0.15) is 18.4 Å². The van der Waals surface area contributed by atoms with Crippen LogP contribution in [0.5, 0.6) is 0 Å². The van der Waals surface area contributed by atoms with E-state index in [-0.39, 0.29) is 18.5 Å². The highest BCUT2D eigenvalue weighted by molar-refractivity contribution is 6.07. The number of imide groups is 1. The maximum Gasteiger partial charge on any atom is 0.324 e. The van der Waals surface area contributed by atoms with Gasteiger partial charge in [-0.2, -0.15) is 0 Å². The first kappa shape index (κ1) is 17.0. The summed E-state index contributed by atoms with van der Waals surface area (Å²) in [4.78, 5) is 39.3. The minimum Gasteiger partial charge on any atom is -0.322 e. The number of amides is 5. The number of carbonyl (C=O) groups is 3. The van der Waals surface area contributed by atoms with Gasteiger partial charge < -0.3 is 15.5 Å². The highest BCUT2D eigenvalue weighted by atomic mass is 16.2. The quantitative estimate of drug-likeness (QED) is 0.648. The number of nitrogens with zero attached hydrogens (tertiary/aromatic N) is 2. The van der Waals surface area contributed by atoms with E-state index in [1.54, 1.807) is 4.90 Å². The van der Waals surface area contributed by atoms with E-state index >= 15 is 0 Å². The second-order valence-corrected chi connectivity index (χ2v) is 6.46. The Labute approximate surface area is 146 Å². The first-order chi connectivity index (χ1) is 12.0. The summed E-state index contributed by atoms with van der Waals surface area (Å²) in [5, 5.41) is 5.64. The van der Waals surface area contributed by atoms with Crippen LogP contribution in [0.2, 0.25) is 0 Å². The molecule has 1 aromatic carbocycles. The zero-order chi connectivity index (χ0) is 18.0. The van der Waals surface area contributed by atoms with E-state index in [1.807, 2.05) is 30.3 Å². The number of likely N-dealkylation sites (tertiary alicyclic amines) is 1. The highest BCUT2D eigenvalue weighted by Crippen LogP contribution is 2.28. The molecule has 0 aliphatic carbocycles. The average Bonchev–Trinajstić information content (AvgIpc) is 3.12. The molecule has 2 fully saturated rings. The van der Waals surface area contributed by atoms with Crippen molar-refractivity contribution < 1.29 is 14.4 Å². The van der Waals surface area contributed by atoms with Gasteiger partial charge in [-0.15, -0.1) is 6.58 Å². The van der Waals surface area contributed by atoms with Crippen molar-refractivity contribution >= 4 is 23.7 Å². The molecule has 0 radical (unpaired) electrons. The van der Waals surface area contributed by atoms with Crippen molar-refractivity contribution in [1.82, 2.24) is 15.1 Å². The minimum atomic E-state index is -0.981. The molecule has 0 bridgehead atoms. The van der Waals surface area contributed by atoms with Gasteiger partial charge in [0.15, 0.2) is 0 Å². The third-order valence-electron chi connectivity index (χ3n) is 4.80. The third kappa shape index (κ3) is 3.09. The number of anilines is 1. The summed E-state index contributed by atoms with van der Waals surface area (Å²) < 4.78 is 0. The Morgan fingerprint density at radius 1 is 1.40 bits per heavy atom. The van der Waals surface area contributed by atoms with Gasteiger partial charge in [0.2, 0.25) is 0 Å². The van der Waals surface area contributed by atoms with Crippen molar-refractivity contribution in [2.75, 3.05) is 25.5 Å². The Bertz CT molecular complexity index is 733. The number of hydrogen-bond acceptors (Lipinski definition) is 3. The van der Waals surface area contributed by atoms with Crippen LogP contribution >= 0.6 is 0 Å². The summed E-state index contributed by atoms with van der Waals surface area (Å²) in [6, 6.07) is 6.95. The third-order valence-corrected chi connectivity index (χ3v) is 4.80. The lowest BCUT2D eigenvalue weighted by atomic mass is 9.99. The smallest absolute Gasteiger partial charge is 0.322 e. The van der Waals surface area contributed by atoms with Gasteiger partial charge in [0, 0.05) is 19.3 Å². The Kier molecular flexibility index (Phi) is 4.48. The molecule has 3 rings (SSSR count). The predicted molar refractivity (Wildman–Crippen MR) is 94.2 cm³/mol. The number of likely N-dealkylation sites (N-methyl/N-ethyl adjacent to an activating group) is 1. The summed E-state index contributed by atoms with van der Waals surface area (Å²) in [5.41, 5.74) is 0.815. The van der Waals surface area contributed by atoms with Crippen molar-refractivity contribution in [1.29, 1.82) is 0 Å². The van der Waals surface area contributed by atoms with E-state index in [1.165, 1.54) is 7.05 Å². The number of aryl methyl sites for hydroxylation is 1. The number of nitrogens with one attached hydrogen (secondary N) is 2. The first-order valence-electron chi connectivity index (χ1n) is 8.32. The normalized spacial score (nSPS) is 22.4. The Hall–Kier alpha value is -2.83. The van der Waals surface area contributed by atoms with E-state index in [9.17, 15) is 14.4 Å². The fourth-order valence-electron chi connectivity index (χ4n) is 3.33. The molecule has 2 saturated heterocycles. The molecule has 5 amide bonds. The van der Waals surface area contributed by atoms with Gasteiger partial charge in [-0.05, 0) is 30.9 Å². The van der Waals surface area contributed by atoms with Crippen molar-refractivity contribution in [3.63, 3.8) is 0 Å². The Morgan fingerprint density at radius 2 is 2.16 bits per heavy atom. The second-order valence-electron chi connectivity index (χ2n) is 6.46. The number of hydrogen-bond donors (Lipinski definition) is 2. The molecule has 0 unspecified atom stereocenters. The SMILES string of the molecule is C=CCCc1ccccc1NC(=O)N1CC[C@]2(C1)NC(=O)N(C)C2=O. The Balaban J connectivity index is 1.69. The van der Waals surface area contributed by atoms with Crippen LogP contribution in [0, 0.1) is 0 Å². The molecule has 7 nitrogen and oxygen atoms in total. The van der Waals surface area contributed by atoms with Gasteiger partial charge in [0.25, 0.3) is 5.91 Å². The number of carbonyl (C=O) groups excluding carboxylic acids is 3. The maximum atomic E-state index is 12.6. The standard InChI is InChI=1S/C18H22N4O3/c1-3-4-7-13-8-5-6-9-14(13)19-16(24)22-11-10-18(12-22)15(23)21(2)17(25)20-18/h3,5-6,8-9H,1,4,7,10-12H2,2H3,(H,19,24)(H,20,25)/t18-/m1/s1. The van der Waals surface area contributed by atoms with Gasteiger partial charge in [0.1, 0.15) is 5.54 Å². The van der Waals surface area contributed by atoms with Crippen LogP contribution in [0.25, 0.3) is 0 Å². The van der Waals surface area contributed by atoms with E-state index in [4.69, 9.17) is 0 Å². The van der Waals surface area contributed by atoms with Crippen LogP contribution in [-0.4, -0.2) is 53.4 Å². The first-order valence-corrected chi connectivity index (χ1v) is 8.32.